The number of carboxylic acids is 1. The molecular weight excluding hydrogens is 328 g/mol. The lowest BCUT2D eigenvalue weighted by Gasteiger charge is -2.32. The molecule has 0 bridgehead atoms. The number of urea groups is 1. The van der Waals surface area contributed by atoms with E-state index in [0.717, 1.165) is 18.4 Å². The van der Waals surface area contributed by atoms with Crippen LogP contribution in [-0.2, 0) is 4.79 Å². The molecule has 0 aromatic heterocycles. The summed E-state index contributed by atoms with van der Waals surface area (Å²) in [5.41, 5.74) is 1.01. The van der Waals surface area contributed by atoms with Crippen molar-refractivity contribution in [1.29, 1.82) is 0 Å². The van der Waals surface area contributed by atoms with Crippen LogP contribution in [0.1, 0.15) is 44.7 Å². The molecule has 24 heavy (non-hydrogen) atoms. The average molecular weight is 353 g/mol. The Labute approximate surface area is 148 Å². The highest BCUT2D eigenvalue weighted by atomic mass is 35.5. The number of halogens is 1. The minimum atomic E-state index is -0.830. The predicted octanol–water partition coefficient (Wildman–Crippen LogP) is 3.93. The van der Waals surface area contributed by atoms with Crippen molar-refractivity contribution < 1.29 is 14.7 Å². The van der Waals surface area contributed by atoms with E-state index in [1.54, 1.807) is 4.90 Å². The molecule has 1 heterocycles. The van der Waals surface area contributed by atoms with Gasteiger partial charge in [0.25, 0.3) is 0 Å². The van der Waals surface area contributed by atoms with Crippen LogP contribution in [0.2, 0.25) is 5.02 Å². The Morgan fingerprint density at radius 2 is 2.00 bits per heavy atom. The summed E-state index contributed by atoms with van der Waals surface area (Å²) >= 11 is 5.94. The molecule has 1 aromatic carbocycles. The van der Waals surface area contributed by atoms with Gasteiger partial charge in [-0.2, -0.15) is 0 Å². The van der Waals surface area contributed by atoms with Gasteiger partial charge in [-0.15, -0.1) is 0 Å². The van der Waals surface area contributed by atoms with E-state index in [1.165, 1.54) is 0 Å². The van der Waals surface area contributed by atoms with E-state index in [2.05, 4.69) is 19.2 Å². The third-order valence-corrected chi connectivity index (χ3v) is 4.59. The minimum Gasteiger partial charge on any atom is -0.481 e. The van der Waals surface area contributed by atoms with Gasteiger partial charge in [0.1, 0.15) is 0 Å². The van der Waals surface area contributed by atoms with Gasteiger partial charge in [0.15, 0.2) is 0 Å². The SMILES string of the molecule is CC(C)CC(NC(=O)N1CCCC(C(=O)O)C1)c1ccc(Cl)cc1. The van der Waals surface area contributed by atoms with Crippen molar-refractivity contribution in [2.45, 2.75) is 39.2 Å². The van der Waals surface area contributed by atoms with Crippen molar-refractivity contribution >= 4 is 23.6 Å². The van der Waals surface area contributed by atoms with Crippen LogP contribution in [0.5, 0.6) is 0 Å². The summed E-state index contributed by atoms with van der Waals surface area (Å²) in [5, 5.41) is 12.9. The van der Waals surface area contributed by atoms with Gasteiger partial charge < -0.3 is 15.3 Å². The number of carbonyl (C=O) groups excluding carboxylic acids is 1. The molecule has 132 valence electrons. The first-order valence-corrected chi connectivity index (χ1v) is 8.78. The van der Waals surface area contributed by atoms with Crippen LogP contribution in [0, 0.1) is 11.8 Å². The number of likely N-dealkylation sites (tertiary alicyclic amines) is 1. The average Bonchev–Trinajstić information content (AvgIpc) is 2.54. The Morgan fingerprint density at radius 3 is 2.58 bits per heavy atom. The van der Waals surface area contributed by atoms with E-state index in [4.69, 9.17) is 11.6 Å². The third kappa shape index (κ3) is 5.13. The molecule has 2 unspecified atom stereocenters. The molecule has 1 saturated heterocycles. The number of hydrogen-bond acceptors (Lipinski definition) is 2. The van der Waals surface area contributed by atoms with Gasteiger partial charge in [-0.3, -0.25) is 4.79 Å². The number of amides is 2. The monoisotopic (exact) mass is 352 g/mol. The van der Waals surface area contributed by atoms with Crippen LogP contribution in [0.25, 0.3) is 0 Å². The fourth-order valence-electron chi connectivity index (χ4n) is 3.05. The number of piperidine rings is 1. The number of hydrogen-bond donors (Lipinski definition) is 2. The quantitative estimate of drug-likeness (QED) is 0.843. The Morgan fingerprint density at radius 1 is 1.33 bits per heavy atom. The summed E-state index contributed by atoms with van der Waals surface area (Å²) in [6, 6.07) is 7.18. The molecule has 2 rings (SSSR count). The molecule has 0 aliphatic carbocycles. The summed E-state index contributed by atoms with van der Waals surface area (Å²) in [5.74, 6) is -0.883. The molecule has 1 aliphatic rings. The van der Waals surface area contributed by atoms with Crippen molar-refractivity contribution in [2.75, 3.05) is 13.1 Å². The normalized spacial score (nSPS) is 19.2. The molecule has 0 radical (unpaired) electrons. The first-order chi connectivity index (χ1) is 11.4. The zero-order valence-corrected chi connectivity index (χ0v) is 14.9. The van der Waals surface area contributed by atoms with E-state index in [0.29, 0.717) is 23.9 Å². The Bertz CT molecular complexity index is 574. The molecule has 1 aliphatic heterocycles. The number of carbonyl (C=O) groups is 2. The van der Waals surface area contributed by atoms with E-state index >= 15 is 0 Å². The van der Waals surface area contributed by atoms with Gasteiger partial charge in [-0.25, -0.2) is 4.79 Å². The highest BCUT2D eigenvalue weighted by Crippen LogP contribution is 2.24. The van der Waals surface area contributed by atoms with E-state index in [-0.39, 0.29) is 18.6 Å². The maximum absolute atomic E-state index is 12.6. The summed E-state index contributed by atoms with van der Waals surface area (Å²) in [7, 11) is 0. The number of rotatable bonds is 5. The molecule has 2 amide bonds. The van der Waals surface area contributed by atoms with Gasteiger partial charge in [-0.05, 0) is 42.9 Å². The standard InChI is InChI=1S/C18H25ClN2O3/c1-12(2)10-16(13-5-7-15(19)8-6-13)20-18(24)21-9-3-4-14(11-21)17(22)23/h5-8,12,14,16H,3-4,9-11H2,1-2H3,(H,20,24)(H,22,23). The molecule has 5 nitrogen and oxygen atoms in total. The van der Waals surface area contributed by atoms with Gasteiger partial charge in [0.05, 0.1) is 12.0 Å². The van der Waals surface area contributed by atoms with Gasteiger partial charge >= 0.3 is 12.0 Å². The molecule has 1 fully saturated rings. The van der Waals surface area contributed by atoms with Gasteiger partial charge in [0, 0.05) is 18.1 Å². The molecule has 0 spiro atoms. The molecular formula is C18H25ClN2O3. The first kappa shape index (κ1) is 18.6. The Hall–Kier alpha value is -1.75. The minimum absolute atomic E-state index is 0.111. The number of nitrogens with zero attached hydrogens (tertiary/aromatic N) is 1. The van der Waals surface area contributed by atoms with Crippen LogP contribution in [0.15, 0.2) is 24.3 Å². The van der Waals surface area contributed by atoms with E-state index in [1.807, 2.05) is 24.3 Å². The fraction of sp³-hybridized carbons (Fsp3) is 0.556. The van der Waals surface area contributed by atoms with Crippen molar-refractivity contribution in [2.24, 2.45) is 11.8 Å². The van der Waals surface area contributed by atoms with E-state index < -0.39 is 11.9 Å². The largest absolute Gasteiger partial charge is 0.481 e. The molecule has 0 saturated carbocycles. The van der Waals surface area contributed by atoms with Crippen molar-refractivity contribution in [1.82, 2.24) is 10.2 Å². The van der Waals surface area contributed by atoms with Crippen LogP contribution in [0.3, 0.4) is 0 Å². The van der Waals surface area contributed by atoms with Crippen LogP contribution < -0.4 is 5.32 Å². The summed E-state index contributed by atoms with van der Waals surface area (Å²) in [6.45, 7) is 5.09. The fourth-order valence-corrected chi connectivity index (χ4v) is 3.17. The Balaban J connectivity index is 2.06. The highest BCUT2D eigenvalue weighted by Gasteiger charge is 2.29. The second kappa shape index (κ2) is 8.38. The molecule has 2 atom stereocenters. The van der Waals surface area contributed by atoms with Crippen molar-refractivity contribution in [3.05, 3.63) is 34.9 Å². The molecule has 1 aromatic rings. The number of nitrogens with one attached hydrogen (secondary N) is 1. The maximum Gasteiger partial charge on any atom is 0.317 e. The Kier molecular flexibility index (Phi) is 6.49. The van der Waals surface area contributed by atoms with Crippen molar-refractivity contribution in [3.63, 3.8) is 0 Å². The topological polar surface area (TPSA) is 69.6 Å². The number of benzene rings is 1. The summed E-state index contributed by atoms with van der Waals surface area (Å²) in [4.78, 5) is 25.4. The van der Waals surface area contributed by atoms with Crippen LogP contribution in [-0.4, -0.2) is 35.1 Å². The first-order valence-electron chi connectivity index (χ1n) is 8.40. The highest BCUT2D eigenvalue weighted by molar-refractivity contribution is 6.30. The lowest BCUT2D eigenvalue weighted by atomic mass is 9.96. The zero-order valence-electron chi connectivity index (χ0n) is 14.2. The third-order valence-electron chi connectivity index (χ3n) is 4.34. The zero-order chi connectivity index (χ0) is 17.7. The lowest BCUT2D eigenvalue weighted by molar-refractivity contribution is -0.143. The lowest BCUT2D eigenvalue weighted by Crippen LogP contribution is -2.48. The van der Waals surface area contributed by atoms with E-state index in [9.17, 15) is 14.7 Å². The maximum atomic E-state index is 12.6. The number of carboxylic acid groups (broad SMARTS) is 1. The number of aliphatic carboxylic acids is 1. The van der Waals surface area contributed by atoms with Crippen LogP contribution in [0.4, 0.5) is 4.79 Å². The van der Waals surface area contributed by atoms with Crippen LogP contribution >= 0.6 is 11.6 Å². The smallest absolute Gasteiger partial charge is 0.317 e. The predicted molar refractivity (Wildman–Crippen MR) is 94.1 cm³/mol. The van der Waals surface area contributed by atoms with Gasteiger partial charge in [0.2, 0.25) is 0 Å². The second-order valence-electron chi connectivity index (χ2n) is 6.81. The summed E-state index contributed by atoms with van der Waals surface area (Å²) < 4.78 is 0. The second-order valence-corrected chi connectivity index (χ2v) is 7.24. The summed E-state index contributed by atoms with van der Waals surface area (Å²) in [6.07, 6.45) is 2.16. The molecule has 6 heteroatoms. The van der Waals surface area contributed by atoms with Crippen molar-refractivity contribution in [3.8, 4) is 0 Å². The molecule has 2 N–H and O–H groups in total. The van der Waals surface area contributed by atoms with Gasteiger partial charge in [-0.1, -0.05) is 37.6 Å².